The zero-order chi connectivity index (χ0) is 20.7. The Morgan fingerprint density at radius 1 is 1.18 bits per heavy atom. The number of allylic oxidation sites excluding steroid dienone is 1. The number of methoxy groups -OCH3 is 1. The number of esters is 2. The molecule has 1 aliphatic rings. The van der Waals surface area contributed by atoms with Crippen molar-refractivity contribution < 1.29 is 38.1 Å². The number of carbonyl (C=O) groups is 3. The van der Waals surface area contributed by atoms with Gasteiger partial charge in [-0.05, 0) is 13.0 Å². The molecule has 8 heteroatoms. The Kier molecular flexibility index (Phi) is 7.03. The van der Waals surface area contributed by atoms with Gasteiger partial charge in [-0.1, -0.05) is 30.4 Å². The molecule has 1 saturated heterocycles. The minimum absolute atomic E-state index is 0.0905. The van der Waals surface area contributed by atoms with Crippen LogP contribution in [0, 0.1) is 5.92 Å². The molecule has 28 heavy (non-hydrogen) atoms. The molecule has 1 aliphatic heterocycles. The fourth-order valence-electron chi connectivity index (χ4n) is 2.84. The van der Waals surface area contributed by atoms with E-state index in [0.29, 0.717) is 11.3 Å². The Morgan fingerprint density at radius 3 is 2.43 bits per heavy atom. The predicted molar refractivity (Wildman–Crippen MR) is 97.6 cm³/mol. The molecule has 1 aromatic rings. The molecule has 1 fully saturated rings. The topological polar surface area (TPSA) is 97.4 Å². The lowest BCUT2D eigenvalue weighted by molar-refractivity contribution is -0.240. The third-order valence-electron chi connectivity index (χ3n) is 3.96. The average Bonchev–Trinajstić information content (AvgIpc) is 2.62. The van der Waals surface area contributed by atoms with E-state index in [-0.39, 0.29) is 13.2 Å². The third kappa shape index (κ3) is 5.25. The number of rotatable bonds is 7. The number of para-hydroxylation sites is 1. The lowest BCUT2D eigenvalue weighted by Crippen LogP contribution is -2.48. The Bertz CT molecular complexity index is 732. The van der Waals surface area contributed by atoms with Gasteiger partial charge in [-0.2, -0.15) is 0 Å². The molecule has 0 spiro atoms. The largest absolute Gasteiger partial charge is 0.508 e. The van der Waals surface area contributed by atoms with Gasteiger partial charge in [0.2, 0.25) is 0 Å². The van der Waals surface area contributed by atoms with Crippen LogP contribution in [0.3, 0.4) is 0 Å². The molecule has 0 aliphatic carbocycles. The molecule has 152 valence electrons. The van der Waals surface area contributed by atoms with Gasteiger partial charge < -0.3 is 23.7 Å². The monoisotopic (exact) mass is 392 g/mol. The minimum atomic E-state index is -1.33. The van der Waals surface area contributed by atoms with E-state index in [1.807, 2.05) is 0 Å². The summed E-state index contributed by atoms with van der Waals surface area (Å²) in [6.45, 7) is 4.74. The van der Waals surface area contributed by atoms with Crippen molar-refractivity contribution in [2.24, 2.45) is 5.92 Å². The quantitative estimate of drug-likeness (QED) is 0.397. The number of cyclic esters (lactones) is 2. The number of hydrogen-bond donors (Lipinski definition) is 0. The summed E-state index contributed by atoms with van der Waals surface area (Å²) in [5.74, 6) is -4.19. The fourth-order valence-corrected chi connectivity index (χ4v) is 2.84. The van der Waals surface area contributed by atoms with Crippen LogP contribution in [-0.2, 0) is 28.5 Å². The number of carbonyl (C=O) groups excluding carboxylic acids is 3. The number of benzene rings is 1. The highest BCUT2D eigenvalue weighted by atomic mass is 16.7. The van der Waals surface area contributed by atoms with E-state index >= 15 is 0 Å². The summed E-state index contributed by atoms with van der Waals surface area (Å²) in [4.78, 5) is 36.4. The van der Waals surface area contributed by atoms with Gasteiger partial charge in [0.1, 0.15) is 12.4 Å². The van der Waals surface area contributed by atoms with Crippen molar-refractivity contribution in [2.75, 3.05) is 20.3 Å². The molecule has 8 nitrogen and oxygen atoms in total. The van der Waals surface area contributed by atoms with Crippen LogP contribution in [0.5, 0.6) is 5.75 Å². The highest BCUT2D eigenvalue weighted by Crippen LogP contribution is 2.38. The first-order valence-electron chi connectivity index (χ1n) is 8.84. The molecule has 0 saturated carbocycles. The third-order valence-corrected chi connectivity index (χ3v) is 3.96. The second kappa shape index (κ2) is 9.25. The lowest BCUT2D eigenvalue weighted by Gasteiger charge is -2.35. The molecular formula is C20H24O8. The number of ether oxygens (including phenoxy) is 5. The summed E-state index contributed by atoms with van der Waals surface area (Å²) >= 11 is 0. The van der Waals surface area contributed by atoms with E-state index in [4.69, 9.17) is 18.9 Å². The molecule has 0 radical (unpaired) electrons. The summed E-state index contributed by atoms with van der Waals surface area (Å²) in [5, 5.41) is 0. The number of hydrogen-bond acceptors (Lipinski definition) is 8. The van der Waals surface area contributed by atoms with Crippen molar-refractivity contribution in [1.82, 2.24) is 0 Å². The molecule has 0 bridgehead atoms. The van der Waals surface area contributed by atoms with E-state index in [2.05, 4.69) is 4.74 Å². The first-order valence-corrected chi connectivity index (χ1v) is 8.84. The van der Waals surface area contributed by atoms with Crippen molar-refractivity contribution in [2.45, 2.75) is 32.5 Å². The van der Waals surface area contributed by atoms with Crippen LogP contribution in [0.1, 0.15) is 32.3 Å². The molecule has 0 amide bonds. The normalized spacial score (nSPS) is 17.6. The van der Waals surface area contributed by atoms with Gasteiger partial charge in [0.15, 0.2) is 5.92 Å². The fraction of sp³-hybridized carbons (Fsp3) is 0.450. The van der Waals surface area contributed by atoms with E-state index in [1.165, 1.54) is 27.0 Å². The summed E-state index contributed by atoms with van der Waals surface area (Å²) in [7, 11) is 1.49. The van der Waals surface area contributed by atoms with Gasteiger partial charge in [0.05, 0.1) is 13.7 Å². The lowest BCUT2D eigenvalue weighted by atomic mass is 9.84. The highest BCUT2D eigenvalue weighted by Gasteiger charge is 2.47. The maximum absolute atomic E-state index is 12.6. The maximum Gasteiger partial charge on any atom is 0.508 e. The molecule has 1 unspecified atom stereocenters. The Labute approximate surface area is 163 Å². The van der Waals surface area contributed by atoms with Gasteiger partial charge in [-0.15, -0.1) is 0 Å². The second-order valence-electron chi connectivity index (χ2n) is 6.41. The molecule has 1 heterocycles. The zero-order valence-corrected chi connectivity index (χ0v) is 16.3. The van der Waals surface area contributed by atoms with Crippen LogP contribution in [0.25, 0.3) is 0 Å². The maximum atomic E-state index is 12.6. The second-order valence-corrected chi connectivity index (χ2v) is 6.41. The van der Waals surface area contributed by atoms with Crippen LogP contribution in [0.2, 0.25) is 0 Å². The zero-order valence-electron chi connectivity index (χ0n) is 16.3. The van der Waals surface area contributed by atoms with Crippen LogP contribution in [0.15, 0.2) is 36.4 Å². The Balaban J connectivity index is 2.30. The van der Waals surface area contributed by atoms with Crippen LogP contribution in [0.4, 0.5) is 4.79 Å². The van der Waals surface area contributed by atoms with Gasteiger partial charge in [0.25, 0.3) is 5.79 Å². The van der Waals surface area contributed by atoms with Crippen molar-refractivity contribution in [3.05, 3.63) is 42.0 Å². The van der Waals surface area contributed by atoms with Gasteiger partial charge >= 0.3 is 18.1 Å². The minimum Gasteiger partial charge on any atom is -0.496 e. The van der Waals surface area contributed by atoms with E-state index in [9.17, 15) is 14.4 Å². The van der Waals surface area contributed by atoms with E-state index in [1.54, 1.807) is 37.3 Å². The molecule has 2 rings (SSSR count). The Hall–Kier alpha value is -3.03. The molecule has 1 aromatic carbocycles. The molecular weight excluding hydrogens is 368 g/mol. The summed E-state index contributed by atoms with van der Waals surface area (Å²) < 4.78 is 25.4. The van der Waals surface area contributed by atoms with Gasteiger partial charge in [0, 0.05) is 25.3 Å². The van der Waals surface area contributed by atoms with Crippen molar-refractivity contribution in [3.8, 4) is 5.75 Å². The molecule has 0 aromatic heterocycles. The molecule has 1 atom stereocenters. The SMILES string of the molecule is CCOC(=O)OC/C=C/C(c1ccccc1OC)C1C(=O)OC(C)(C)OC1=O. The first-order chi connectivity index (χ1) is 13.3. The van der Waals surface area contributed by atoms with E-state index < -0.39 is 35.7 Å². The summed E-state index contributed by atoms with van der Waals surface area (Å²) in [6, 6.07) is 6.99. The van der Waals surface area contributed by atoms with Crippen molar-refractivity contribution in [3.63, 3.8) is 0 Å². The average molecular weight is 392 g/mol. The Morgan fingerprint density at radius 2 is 1.82 bits per heavy atom. The smallest absolute Gasteiger partial charge is 0.496 e. The van der Waals surface area contributed by atoms with Crippen LogP contribution >= 0.6 is 0 Å². The highest BCUT2D eigenvalue weighted by molar-refractivity contribution is 5.98. The standard InChI is InChI=1S/C20H24O8/c1-5-25-19(23)26-12-8-10-14(13-9-6-7-11-15(13)24-4)16-17(21)27-20(2,3)28-18(16)22/h6-11,14,16H,5,12H2,1-4H3/b10-8+. The van der Waals surface area contributed by atoms with Gasteiger partial charge in [-0.25, -0.2) is 4.79 Å². The summed E-state index contributed by atoms with van der Waals surface area (Å²) in [5.41, 5.74) is 0.594. The first kappa shape index (κ1) is 21.3. The van der Waals surface area contributed by atoms with Crippen LogP contribution < -0.4 is 4.74 Å². The molecule has 0 N–H and O–H groups in total. The van der Waals surface area contributed by atoms with Crippen LogP contribution in [-0.4, -0.2) is 44.2 Å². The summed E-state index contributed by atoms with van der Waals surface area (Å²) in [6.07, 6.45) is 2.30. The van der Waals surface area contributed by atoms with Crippen molar-refractivity contribution in [1.29, 1.82) is 0 Å². The van der Waals surface area contributed by atoms with Crippen molar-refractivity contribution >= 4 is 18.1 Å². The predicted octanol–water partition coefficient (Wildman–Crippen LogP) is 2.96. The van der Waals surface area contributed by atoms with E-state index in [0.717, 1.165) is 0 Å². The van der Waals surface area contributed by atoms with Gasteiger partial charge in [-0.3, -0.25) is 9.59 Å².